The van der Waals surface area contributed by atoms with E-state index in [1.165, 1.54) is 0 Å². The van der Waals surface area contributed by atoms with Gasteiger partial charge in [-0.25, -0.2) is 4.79 Å². The van der Waals surface area contributed by atoms with E-state index in [1.807, 2.05) is 0 Å². The summed E-state index contributed by atoms with van der Waals surface area (Å²) < 4.78 is 0. The lowest BCUT2D eigenvalue weighted by Gasteiger charge is -2.30. The van der Waals surface area contributed by atoms with Crippen molar-refractivity contribution in [3.8, 4) is 0 Å². The molecule has 0 aliphatic rings. The van der Waals surface area contributed by atoms with Gasteiger partial charge in [0.25, 0.3) is 0 Å². The lowest BCUT2D eigenvalue weighted by Crippen LogP contribution is -2.60. The predicted molar refractivity (Wildman–Crippen MR) is 206 cm³/mol. The van der Waals surface area contributed by atoms with Gasteiger partial charge in [-0.1, -0.05) is 61.8 Å². The van der Waals surface area contributed by atoms with E-state index in [2.05, 4.69) is 31.9 Å². The van der Waals surface area contributed by atoms with Crippen LogP contribution in [-0.2, 0) is 43.2 Å². The summed E-state index contributed by atoms with van der Waals surface area (Å²) in [6, 6.07) is -9.41. The van der Waals surface area contributed by atoms with Gasteiger partial charge in [0, 0.05) is 6.42 Å². The molecule has 0 aliphatic heterocycles. The van der Waals surface area contributed by atoms with Gasteiger partial charge in [-0.3, -0.25) is 38.4 Å². The molecule has 0 fully saturated rings. The standard InChI is InChI=1S/C36H65N9O12/c1-9-19(8)30(35(55)45-29(18(6)7)36(56)57)44-27(50)14-24(47)21(12-16(2)3)41-32(52)22(13-26(38)49)42-31(51)20(10-11-25(37)48)40-33(53)23(15-46)43-34(54)28(39)17(4)5/h16-24,28-30,46-47H,9-15,39H2,1-8H3,(H2,37,48)(H2,38,49)(H,40,53)(H,41,52)(H,42,51)(H,43,54)(H,44,50)(H,45,55)(H,56,57)/t19-,20-,21-,22-,23-,24-,28-,29-,30-/m0/s1. The molecule has 326 valence electrons. The molecule has 0 unspecified atom stereocenters. The fourth-order valence-corrected chi connectivity index (χ4v) is 5.40. The van der Waals surface area contributed by atoms with Gasteiger partial charge in [-0.15, -0.1) is 0 Å². The molecule has 0 radical (unpaired) electrons. The Kier molecular flexibility index (Phi) is 23.2. The average Bonchev–Trinajstić information content (AvgIpc) is 3.10. The molecular weight excluding hydrogens is 750 g/mol. The normalized spacial score (nSPS) is 16.1. The van der Waals surface area contributed by atoms with Crippen molar-refractivity contribution in [1.82, 2.24) is 31.9 Å². The largest absolute Gasteiger partial charge is 0.480 e. The topological polar surface area (TPSA) is 365 Å². The zero-order valence-corrected chi connectivity index (χ0v) is 34.1. The lowest BCUT2D eigenvalue weighted by atomic mass is 9.94. The van der Waals surface area contributed by atoms with Crippen LogP contribution in [0.25, 0.3) is 0 Å². The van der Waals surface area contributed by atoms with Crippen LogP contribution in [0.1, 0.15) is 93.9 Å². The number of aliphatic carboxylic acids is 1. The lowest BCUT2D eigenvalue weighted by molar-refractivity contribution is -0.144. The molecule has 21 heteroatoms. The van der Waals surface area contributed by atoms with Crippen molar-refractivity contribution in [2.24, 2.45) is 40.9 Å². The first-order chi connectivity index (χ1) is 26.4. The van der Waals surface area contributed by atoms with Crippen LogP contribution in [0.3, 0.4) is 0 Å². The summed E-state index contributed by atoms with van der Waals surface area (Å²) in [5, 5.41) is 44.9. The summed E-state index contributed by atoms with van der Waals surface area (Å²) in [5.41, 5.74) is 16.4. The highest BCUT2D eigenvalue weighted by Gasteiger charge is 2.35. The van der Waals surface area contributed by atoms with E-state index in [0.29, 0.717) is 6.42 Å². The Hall–Kier alpha value is -4.89. The Morgan fingerprint density at radius 2 is 1.14 bits per heavy atom. The maximum atomic E-state index is 13.6. The number of hydrogen-bond acceptors (Lipinski definition) is 12. The summed E-state index contributed by atoms with van der Waals surface area (Å²) in [5.74, 6) is -9.96. The molecule has 0 aromatic heterocycles. The van der Waals surface area contributed by atoms with Crippen LogP contribution in [0, 0.1) is 23.7 Å². The smallest absolute Gasteiger partial charge is 0.326 e. The number of carbonyl (C=O) groups excluding carboxylic acids is 8. The minimum atomic E-state index is -1.70. The highest BCUT2D eigenvalue weighted by molar-refractivity contribution is 5.96. The Morgan fingerprint density at radius 3 is 1.60 bits per heavy atom. The average molecular weight is 816 g/mol. The molecule has 8 amide bonds. The van der Waals surface area contributed by atoms with Gasteiger partial charge in [0.1, 0.15) is 30.2 Å². The van der Waals surface area contributed by atoms with Crippen molar-refractivity contribution in [1.29, 1.82) is 0 Å². The van der Waals surface area contributed by atoms with Crippen LogP contribution in [0.4, 0.5) is 0 Å². The van der Waals surface area contributed by atoms with E-state index < -0.39 is 146 Å². The third-order valence-corrected chi connectivity index (χ3v) is 9.14. The first-order valence-electron chi connectivity index (χ1n) is 19.0. The fraction of sp³-hybridized carbons (Fsp3) is 0.750. The molecule has 57 heavy (non-hydrogen) atoms. The first kappa shape index (κ1) is 52.1. The fourth-order valence-electron chi connectivity index (χ4n) is 5.40. The van der Waals surface area contributed by atoms with E-state index in [9.17, 15) is 58.5 Å². The van der Waals surface area contributed by atoms with Crippen LogP contribution in [0.2, 0.25) is 0 Å². The van der Waals surface area contributed by atoms with Gasteiger partial charge in [-0.05, 0) is 36.5 Å². The summed E-state index contributed by atoms with van der Waals surface area (Å²) in [7, 11) is 0. The van der Waals surface area contributed by atoms with Crippen molar-refractivity contribution in [2.45, 2.75) is 142 Å². The van der Waals surface area contributed by atoms with E-state index in [0.717, 1.165) is 0 Å². The Morgan fingerprint density at radius 1 is 0.614 bits per heavy atom. The Balaban J connectivity index is 6.21. The molecule has 0 aliphatic carbocycles. The molecule has 0 spiro atoms. The van der Waals surface area contributed by atoms with E-state index in [-0.39, 0.29) is 18.3 Å². The van der Waals surface area contributed by atoms with Gasteiger partial charge in [0.2, 0.25) is 47.3 Å². The van der Waals surface area contributed by atoms with E-state index in [1.54, 1.807) is 55.4 Å². The van der Waals surface area contributed by atoms with Crippen LogP contribution >= 0.6 is 0 Å². The van der Waals surface area contributed by atoms with Crippen molar-refractivity contribution in [3.05, 3.63) is 0 Å². The molecule has 9 atom stereocenters. The predicted octanol–water partition coefficient (Wildman–Crippen LogP) is -3.40. The van der Waals surface area contributed by atoms with Crippen molar-refractivity contribution in [3.63, 3.8) is 0 Å². The number of rotatable bonds is 27. The number of amides is 8. The molecule has 0 saturated carbocycles. The summed E-state index contributed by atoms with van der Waals surface area (Å²) in [6.07, 6.45) is -3.26. The second-order valence-corrected chi connectivity index (χ2v) is 15.3. The molecule has 0 saturated heterocycles. The highest BCUT2D eigenvalue weighted by Crippen LogP contribution is 2.15. The Labute approximate surface area is 333 Å². The zero-order valence-electron chi connectivity index (χ0n) is 34.1. The minimum absolute atomic E-state index is 0.0907. The second-order valence-electron chi connectivity index (χ2n) is 15.3. The molecule has 0 bridgehead atoms. The molecule has 0 heterocycles. The van der Waals surface area contributed by atoms with Crippen molar-refractivity contribution >= 4 is 53.2 Å². The number of hydrogen-bond donors (Lipinski definition) is 12. The number of carbonyl (C=O) groups is 9. The third-order valence-electron chi connectivity index (χ3n) is 9.14. The summed E-state index contributed by atoms with van der Waals surface area (Å²) >= 11 is 0. The number of nitrogens with two attached hydrogens (primary N) is 3. The molecule has 0 rings (SSSR count). The zero-order chi connectivity index (χ0) is 44.3. The molecular formula is C36H65N9O12. The van der Waals surface area contributed by atoms with Gasteiger partial charge >= 0.3 is 5.97 Å². The van der Waals surface area contributed by atoms with E-state index >= 15 is 0 Å². The monoisotopic (exact) mass is 815 g/mol. The SMILES string of the molecule is CC[C@H](C)[C@H](NC(=O)C[C@H](O)[C@H](CC(C)C)NC(=O)[C@H](CC(N)=O)NC(=O)[C@H](CCC(N)=O)NC(=O)[C@H](CO)NC(=O)[C@@H](N)C(C)C)C(=O)N[C@H](C(=O)O)C(C)C. The maximum Gasteiger partial charge on any atom is 0.326 e. The van der Waals surface area contributed by atoms with E-state index in [4.69, 9.17) is 17.2 Å². The highest BCUT2D eigenvalue weighted by atomic mass is 16.4. The van der Waals surface area contributed by atoms with Gasteiger partial charge in [-0.2, -0.15) is 0 Å². The molecule has 21 nitrogen and oxygen atoms in total. The number of aliphatic hydroxyl groups excluding tert-OH is 2. The second kappa shape index (κ2) is 25.4. The van der Waals surface area contributed by atoms with Gasteiger partial charge in [0.05, 0.1) is 37.6 Å². The van der Waals surface area contributed by atoms with Crippen LogP contribution in [-0.4, -0.2) is 124 Å². The minimum Gasteiger partial charge on any atom is -0.480 e. The molecule has 0 aromatic carbocycles. The quantitative estimate of drug-likeness (QED) is 0.0385. The van der Waals surface area contributed by atoms with Crippen LogP contribution < -0.4 is 49.1 Å². The first-order valence-corrected chi connectivity index (χ1v) is 19.0. The van der Waals surface area contributed by atoms with Crippen LogP contribution in [0.15, 0.2) is 0 Å². The van der Waals surface area contributed by atoms with Gasteiger partial charge < -0.3 is 64.4 Å². The summed E-state index contributed by atoms with van der Waals surface area (Å²) in [6.45, 7) is 12.6. The maximum absolute atomic E-state index is 13.6. The number of aliphatic hydroxyl groups is 2. The molecule has 0 aromatic rings. The number of primary amides is 2. The van der Waals surface area contributed by atoms with Crippen molar-refractivity contribution < 1.29 is 58.5 Å². The van der Waals surface area contributed by atoms with Crippen LogP contribution in [0.5, 0.6) is 0 Å². The van der Waals surface area contributed by atoms with Gasteiger partial charge in [0.15, 0.2) is 0 Å². The number of nitrogens with one attached hydrogen (secondary N) is 6. The number of carboxylic acids is 1. The molecule has 15 N–H and O–H groups in total. The summed E-state index contributed by atoms with van der Waals surface area (Å²) in [4.78, 5) is 114. The Bertz CT molecular complexity index is 1410. The third kappa shape index (κ3) is 19.2. The van der Waals surface area contributed by atoms with Crippen molar-refractivity contribution in [2.75, 3.05) is 6.61 Å². The number of carboxylic acid groups (broad SMARTS) is 1.